The van der Waals surface area contributed by atoms with Crippen LogP contribution in [-0.2, 0) is 10.1 Å². The number of hydrogen-bond donors (Lipinski definition) is 3. The zero-order valence-corrected chi connectivity index (χ0v) is 7.92. The molecule has 1 atom stereocenters. The van der Waals surface area contributed by atoms with Gasteiger partial charge in [-0.25, -0.2) is 0 Å². The van der Waals surface area contributed by atoms with Crippen molar-refractivity contribution in [2.75, 3.05) is 18.8 Å². The maximum atomic E-state index is 10.5. The number of hydrogen-bond acceptors (Lipinski definition) is 5. The van der Waals surface area contributed by atoms with Crippen molar-refractivity contribution in [2.45, 2.75) is 12.5 Å². The summed E-state index contributed by atoms with van der Waals surface area (Å²) in [7, 11) is -4.02. The first-order chi connectivity index (χ1) is 5.99. The Bertz CT molecular complexity index is 298. The summed E-state index contributed by atoms with van der Waals surface area (Å²) in [4.78, 5) is 4.02. The number of amidine groups is 1. The highest BCUT2D eigenvalue weighted by Crippen LogP contribution is 1.95. The Labute approximate surface area is 77.0 Å². The highest BCUT2D eigenvalue weighted by Gasteiger charge is 2.19. The molecular formula is C6H13N3O3S. The molecule has 4 N–H and O–H groups in total. The lowest BCUT2D eigenvalue weighted by Gasteiger charge is -2.18. The van der Waals surface area contributed by atoms with Crippen molar-refractivity contribution in [3.05, 3.63) is 0 Å². The topological polar surface area (TPSA) is 105 Å². The molecule has 0 aromatic carbocycles. The lowest BCUT2D eigenvalue weighted by molar-refractivity contribution is 0.480. The predicted octanol–water partition coefficient (Wildman–Crippen LogP) is -1.41. The minimum Gasteiger partial charge on any atom is -0.372 e. The number of aliphatic imine (C=N–C) groups is 1. The minimum absolute atomic E-state index is 0.462. The third-order valence-corrected chi connectivity index (χ3v) is 2.44. The molecule has 1 heterocycles. The fourth-order valence-electron chi connectivity index (χ4n) is 1.11. The van der Waals surface area contributed by atoms with E-state index in [4.69, 9.17) is 10.3 Å². The second kappa shape index (κ2) is 4.03. The SMILES string of the molecule is NC(CS(=O)(=O)O)C1=NCCCN1. The number of nitrogens with two attached hydrogens (primary N) is 1. The molecule has 1 unspecified atom stereocenters. The summed E-state index contributed by atoms with van der Waals surface area (Å²) in [5.74, 6) is -0.0253. The van der Waals surface area contributed by atoms with Crippen LogP contribution in [0.15, 0.2) is 4.99 Å². The zero-order chi connectivity index (χ0) is 9.90. The average Bonchev–Trinajstić information content (AvgIpc) is 2.03. The molecule has 0 saturated carbocycles. The molecule has 76 valence electrons. The second-order valence-corrected chi connectivity index (χ2v) is 4.40. The van der Waals surface area contributed by atoms with Gasteiger partial charge in [0.2, 0.25) is 0 Å². The maximum absolute atomic E-state index is 10.5. The standard InChI is InChI=1S/C6H13N3O3S/c7-5(4-13(10,11)12)6-8-2-1-3-9-6/h5H,1-4,7H2,(H,8,9)(H,10,11,12). The second-order valence-electron chi connectivity index (χ2n) is 2.90. The molecule has 0 saturated heterocycles. The van der Waals surface area contributed by atoms with Crippen LogP contribution in [0.1, 0.15) is 6.42 Å². The summed E-state index contributed by atoms with van der Waals surface area (Å²) < 4.78 is 29.5. The van der Waals surface area contributed by atoms with E-state index in [1.54, 1.807) is 0 Å². The van der Waals surface area contributed by atoms with Gasteiger partial charge in [0.05, 0.1) is 11.8 Å². The Balaban J connectivity index is 2.57. The Morgan fingerprint density at radius 2 is 2.38 bits per heavy atom. The summed E-state index contributed by atoms with van der Waals surface area (Å²) in [5.41, 5.74) is 5.50. The van der Waals surface area contributed by atoms with E-state index in [2.05, 4.69) is 10.3 Å². The monoisotopic (exact) mass is 207 g/mol. The molecule has 13 heavy (non-hydrogen) atoms. The molecule has 0 spiro atoms. The molecule has 1 aliphatic heterocycles. The molecule has 1 aliphatic rings. The van der Waals surface area contributed by atoms with E-state index < -0.39 is 21.9 Å². The molecule has 0 fully saturated rings. The summed E-state index contributed by atoms with van der Waals surface area (Å²) in [6.45, 7) is 1.40. The van der Waals surface area contributed by atoms with Gasteiger partial charge < -0.3 is 11.1 Å². The highest BCUT2D eigenvalue weighted by molar-refractivity contribution is 7.85. The molecule has 0 amide bonds. The number of nitrogens with zero attached hydrogens (tertiary/aromatic N) is 1. The molecule has 0 radical (unpaired) electrons. The third-order valence-electron chi connectivity index (χ3n) is 1.66. The Morgan fingerprint density at radius 3 is 2.85 bits per heavy atom. The van der Waals surface area contributed by atoms with Gasteiger partial charge >= 0.3 is 0 Å². The lowest BCUT2D eigenvalue weighted by atomic mass is 10.2. The van der Waals surface area contributed by atoms with Crippen LogP contribution in [0.2, 0.25) is 0 Å². The van der Waals surface area contributed by atoms with E-state index in [1.165, 1.54) is 0 Å². The van der Waals surface area contributed by atoms with Crippen molar-refractivity contribution >= 4 is 16.0 Å². The minimum atomic E-state index is -4.02. The van der Waals surface area contributed by atoms with Crippen molar-refractivity contribution in [2.24, 2.45) is 10.7 Å². The Hall–Kier alpha value is -0.660. The van der Waals surface area contributed by atoms with Crippen molar-refractivity contribution in [3.8, 4) is 0 Å². The largest absolute Gasteiger partial charge is 0.372 e. The third kappa shape index (κ3) is 3.71. The molecule has 6 nitrogen and oxygen atoms in total. The fraction of sp³-hybridized carbons (Fsp3) is 0.833. The number of rotatable bonds is 3. The van der Waals surface area contributed by atoms with Crippen LogP contribution >= 0.6 is 0 Å². The van der Waals surface area contributed by atoms with Gasteiger partial charge in [0.1, 0.15) is 5.84 Å². The summed E-state index contributed by atoms with van der Waals surface area (Å²) >= 11 is 0. The molecular weight excluding hydrogens is 194 g/mol. The van der Waals surface area contributed by atoms with E-state index in [9.17, 15) is 8.42 Å². The molecule has 0 aliphatic carbocycles. The molecule has 0 aromatic rings. The van der Waals surface area contributed by atoms with Crippen molar-refractivity contribution < 1.29 is 13.0 Å². The van der Waals surface area contributed by atoms with Crippen LogP contribution in [-0.4, -0.2) is 43.7 Å². The van der Waals surface area contributed by atoms with Crippen LogP contribution in [0.3, 0.4) is 0 Å². The summed E-state index contributed by atoms with van der Waals surface area (Å²) in [5, 5.41) is 2.89. The van der Waals surface area contributed by atoms with Gasteiger partial charge in [0.15, 0.2) is 0 Å². The van der Waals surface area contributed by atoms with Crippen molar-refractivity contribution in [1.82, 2.24) is 5.32 Å². The molecule has 1 rings (SSSR count). The van der Waals surface area contributed by atoms with Gasteiger partial charge in [-0.3, -0.25) is 9.55 Å². The molecule has 0 bridgehead atoms. The van der Waals surface area contributed by atoms with Crippen molar-refractivity contribution in [1.29, 1.82) is 0 Å². The van der Waals surface area contributed by atoms with Crippen molar-refractivity contribution in [3.63, 3.8) is 0 Å². The predicted molar refractivity (Wildman–Crippen MR) is 49.3 cm³/mol. The van der Waals surface area contributed by atoms with Gasteiger partial charge in [-0.05, 0) is 6.42 Å². The van der Waals surface area contributed by atoms with Crippen LogP contribution in [0.5, 0.6) is 0 Å². The normalized spacial score (nSPS) is 20.3. The van der Waals surface area contributed by atoms with Gasteiger partial charge in [-0.1, -0.05) is 0 Å². The Morgan fingerprint density at radius 1 is 1.69 bits per heavy atom. The average molecular weight is 207 g/mol. The van der Waals surface area contributed by atoms with Crippen LogP contribution in [0.4, 0.5) is 0 Å². The van der Waals surface area contributed by atoms with E-state index >= 15 is 0 Å². The molecule has 7 heteroatoms. The quantitative estimate of drug-likeness (QED) is 0.493. The highest BCUT2D eigenvalue weighted by atomic mass is 32.2. The van der Waals surface area contributed by atoms with E-state index in [0.29, 0.717) is 12.4 Å². The summed E-state index contributed by atoms with van der Waals surface area (Å²) in [6, 6.07) is -0.754. The van der Waals surface area contributed by atoms with Crippen LogP contribution in [0.25, 0.3) is 0 Å². The van der Waals surface area contributed by atoms with Gasteiger partial charge in [-0.2, -0.15) is 8.42 Å². The van der Waals surface area contributed by atoms with Gasteiger partial charge in [0.25, 0.3) is 10.1 Å². The number of nitrogens with one attached hydrogen (secondary N) is 1. The first-order valence-electron chi connectivity index (χ1n) is 3.98. The zero-order valence-electron chi connectivity index (χ0n) is 7.10. The van der Waals surface area contributed by atoms with E-state index in [0.717, 1.165) is 13.0 Å². The first kappa shape index (κ1) is 10.4. The molecule has 0 aromatic heterocycles. The van der Waals surface area contributed by atoms with Crippen LogP contribution < -0.4 is 11.1 Å². The lowest BCUT2D eigenvalue weighted by Crippen LogP contribution is -2.47. The van der Waals surface area contributed by atoms with Crippen LogP contribution in [0, 0.1) is 0 Å². The summed E-state index contributed by atoms with van der Waals surface area (Å²) in [6.07, 6.45) is 0.919. The van der Waals surface area contributed by atoms with E-state index in [1.807, 2.05) is 0 Å². The van der Waals surface area contributed by atoms with Gasteiger partial charge in [0, 0.05) is 13.1 Å². The van der Waals surface area contributed by atoms with E-state index in [-0.39, 0.29) is 0 Å². The fourth-order valence-corrected chi connectivity index (χ4v) is 1.72. The Kier molecular flexibility index (Phi) is 3.23. The smallest absolute Gasteiger partial charge is 0.266 e. The van der Waals surface area contributed by atoms with Gasteiger partial charge in [-0.15, -0.1) is 0 Å². The maximum Gasteiger partial charge on any atom is 0.266 e. The first-order valence-corrected chi connectivity index (χ1v) is 5.59.